The van der Waals surface area contributed by atoms with E-state index in [2.05, 4.69) is 32.6 Å². The highest BCUT2D eigenvalue weighted by Crippen LogP contribution is 2.26. The molecule has 0 saturated heterocycles. The highest BCUT2D eigenvalue weighted by atomic mass is 16.5. The zero-order valence-electron chi connectivity index (χ0n) is 13.8. The first-order valence-corrected chi connectivity index (χ1v) is 7.83. The van der Waals surface area contributed by atoms with E-state index in [9.17, 15) is 4.79 Å². The van der Waals surface area contributed by atoms with E-state index in [-0.39, 0.29) is 17.6 Å². The first-order chi connectivity index (χ1) is 11.6. The first-order valence-electron chi connectivity index (χ1n) is 7.83. The average molecular weight is 325 g/mol. The van der Waals surface area contributed by atoms with E-state index >= 15 is 0 Å². The van der Waals surface area contributed by atoms with Crippen molar-refractivity contribution in [2.24, 2.45) is 0 Å². The maximum Gasteiger partial charge on any atom is 0.295 e. The molecule has 1 atom stereocenters. The quantitative estimate of drug-likeness (QED) is 0.748. The van der Waals surface area contributed by atoms with Gasteiger partial charge in [0.05, 0.1) is 11.4 Å². The summed E-state index contributed by atoms with van der Waals surface area (Å²) >= 11 is 0. The number of carbonyl (C=O) groups is 1. The Labute approximate surface area is 139 Å². The number of rotatable bonds is 5. The molecule has 124 valence electrons. The first kappa shape index (κ1) is 15.9. The van der Waals surface area contributed by atoms with Crippen LogP contribution in [0.1, 0.15) is 48.0 Å². The average Bonchev–Trinajstić information content (AvgIpc) is 3.23. The third kappa shape index (κ3) is 3.05. The van der Waals surface area contributed by atoms with Crippen LogP contribution in [0.5, 0.6) is 0 Å². The summed E-state index contributed by atoms with van der Waals surface area (Å²) in [6.07, 6.45) is 4.35. The van der Waals surface area contributed by atoms with Crippen LogP contribution in [0.4, 0.5) is 5.82 Å². The molecule has 0 bridgehead atoms. The van der Waals surface area contributed by atoms with Crippen molar-refractivity contribution in [3.8, 4) is 11.3 Å². The van der Waals surface area contributed by atoms with Crippen molar-refractivity contribution in [2.45, 2.75) is 33.1 Å². The lowest BCUT2D eigenvalue weighted by Crippen LogP contribution is -2.12. The third-order valence-electron chi connectivity index (χ3n) is 4.08. The van der Waals surface area contributed by atoms with E-state index in [1.807, 2.05) is 26.0 Å². The minimum atomic E-state index is -0.368. The molecule has 0 spiro atoms. The lowest BCUT2D eigenvalue weighted by atomic mass is 10.1. The second kappa shape index (κ2) is 6.66. The number of carbonyl (C=O) groups excluding carboxylic acids is 1. The summed E-state index contributed by atoms with van der Waals surface area (Å²) in [6, 6.07) is 5.43. The number of aromatic nitrogens is 4. The third-order valence-corrected chi connectivity index (χ3v) is 4.08. The van der Waals surface area contributed by atoms with Crippen LogP contribution >= 0.6 is 0 Å². The fourth-order valence-electron chi connectivity index (χ4n) is 2.33. The molecule has 0 unspecified atom stereocenters. The molecule has 3 rings (SSSR count). The van der Waals surface area contributed by atoms with Gasteiger partial charge in [-0.1, -0.05) is 19.0 Å². The summed E-state index contributed by atoms with van der Waals surface area (Å²) in [7, 11) is 0. The predicted molar refractivity (Wildman–Crippen MR) is 89.7 cm³/mol. The monoisotopic (exact) mass is 325 g/mol. The number of anilines is 1. The topological polar surface area (TPSA) is 96.7 Å². The Balaban J connectivity index is 1.78. The molecule has 0 saturated carbocycles. The van der Waals surface area contributed by atoms with Crippen LogP contribution < -0.4 is 5.32 Å². The van der Waals surface area contributed by atoms with Crippen molar-refractivity contribution < 1.29 is 9.32 Å². The molecule has 0 aliphatic carbocycles. The largest absolute Gasteiger partial charge is 0.351 e. The van der Waals surface area contributed by atoms with E-state index in [0.717, 1.165) is 28.9 Å². The number of pyridine rings is 1. The molecule has 3 aromatic heterocycles. The lowest BCUT2D eigenvalue weighted by molar-refractivity contribution is 0.0987. The van der Waals surface area contributed by atoms with Crippen LogP contribution in [0, 0.1) is 6.92 Å². The summed E-state index contributed by atoms with van der Waals surface area (Å²) in [4.78, 5) is 16.3. The molecule has 7 heteroatoms. The van der Waals surface area contributed by atoms with Crippen molar-refractivity contribution in [3.05, 3.63) is 47.6 Å². The molecule has 0 aliphatic heterocycles. The Bertz CT molecular complexity index is 838. The van der Waals surface area contributed by atoms with Crippen molar-refractivity contribution in [1.82, 2.24) is 20.3 Å². The van der Waals surface area contributed by atoms with Gasteiger partial charge in [0.25, 0.3) is 5.91 Å². The predicted octanol–water partition coefficient (Wildman–Crippen LogP) is 3.53. The number of nitrogens with one attached hydrogen (secondary N) is 2. The van der Waals surface area contributed by atoms with Crippen LogP contribution in [-0.4, -0.2) is 26.2 Å². The molecule has 1 amide bonds. The molecule has 0 aliphatic rings. The SMILES string of the molecule is CC[C@H](C)c1cc(C(=O)Nc2n[nH]c(-c3ccncc3)c2C)on1. The number of hydrogen-bond acceptors (Lipinski definition) is 5. The Morgan fingerprint density at radius 1 is 1.38 bits per heavy atom. The zero-order chi connectivity index (χ0) is 17.1. The second-order valence-electron chi connectivity index (χ2n) is 5.69. The van der Waals surface area contributed by atoms with E-state index < -0.39 is 0 Å². The van der Waals surface area contributed by atoms with Crippen LogP contribution in [-0.2, 0) is 0 Å². The van der Waals surface area contributed by atoms with Crippen molar-refractivity contribution in [1.29, 1.82) is 0 Å². The Morgan fingerprint density at radius 3 is 2.83 bits per heavy atom. The van der Waals surface area contributed by atoms with Gasteiger partial charge < -0.3 is 9.84 Å². The summed E-state index contributed by atoms with van der Waals surface area (Å²) in [5.41, 5.74) is 3.41. The van der Waals surface area contributed by atoms with E-state index in [1.165, 1.54) is 0 Å². The van der Waals surface area contributed by atoms with Gasteiger partial charge in [-0.05, 0) is 25.5 Å². The lowest BCUT2D eigenvalue weighted by Gasteiger charge is -2.01. The fourth-order valence-corrected chi connectivity index (χ4v) is 2.33. The molecule has 7 nitrogen and oxygen atoms in total. The van der Waals surface area contributed by atoms with Gasteiger partial charge in [-0.15, -0.1) is 0 Å². The number of amides is 1. The van der Waals surface area contributed by atoms with Gasteiger partial charge in [0.2, 0.25) is 5.76 Å². The van der Waals surface area contributed by atoms with Crippen molar-refractivity contribution in [3.63, 3.8) is 0 Å². The van der Waals surface area contributed by atoms with Gasteiger partial charge in [0.1, 0.15) is 0 Å². The van der Waals surface area contributed by atoms with Crippen LogP contribution in [0.15, 0.2) is 35.1 Å². The van der Waals surface area contributed by atoms with Gasteiger partial charge in [0.15, 0.2) is 5.82 Å². The highest BCUT2D eigenvalue weighted by Gasteiger charge is 2.19. The number of H-pyrrole nitrogens is 1. The number of nitrogens with zero attached hydrogens (tertiary/aromatic N) is 3. The molecule has 0 radical (unpaired) electrons. The molecule has 24 heavy (non-hydrogen) atoms. The minimum Gasteiger partial charge on any atom is -0.351 e. The molecule has 2 N–H and O–H groups in total. The zero-order valence-corrected chi connectivity index (χ0v) is 13.8. The van der Waals surface area contributed by atoms with Gasteiger partial charge in [-0.25, -0.2) is 0 Å². The van der Waals surface area contributed by atoms with Gasteiger partial charge in [-0.2, -0.15) is 5.10 Å². The molecular weight excluding hydrogens is 306 g/mol. The van der Waals surface area contributed by atoms with E-state index in [1.54, 1.807) is 18.5 Å². The van der Waals surface area contributed by atoms with E-state index in [4.69, 9.17) is 4.52 Å². The Morgan fingerprint density at radius 2 is 2.12 bits per heavy atom. The van der Waals surface area contributed by atoms with Gasteiger partial charge in [-0.3, -0.25) is 14.9 Å². The smallest absolute Gasteiger partial charge is 0.295 e. The maximum atomic E-state index is 12.3. The van der Waals surface area contributed by atoms with Gasteiger partial charge in [0, 0.05) is 35.5 Å². The molecule has 3 aromatic rings. The van der Waals surface area contributed by atoms with Crippen LogP contribution in [0.25, 0.3) is 11.3 Å². The molecule has 3 heterocycles. The Hall–Kier alpha value is -2.96. The molecule has 0 aromatic carbocycles. The summed E-state index contributed by atoms with van der Waals surface area (Å²) < 4.78 is 5.14. The second-order valence-corrected chi connectivity index (χ2v) is 5.69. The summed E-state index contributed by atoms with van der Waals surface area (Å²) in [5, 5.41) is 13.8. The maximum absolute atomic E-state index is 12.3. The standard InChI is InChI=1S/C17H19N5O2/c1-4-10(2)13-9-14(24-22-13)17(23)19-16-11(3)15(20-21-16)12-5-7-18-8-6-12/h5-10H,4H2,1-3H3,(H2,19,20,21,23)/t10-/m0/s1. The van der Waals surface area contributed by atoms with Crippen molar-refractivity contribution >= 4 is 11.7 Å². The Kier molecular flexibility index (Phi) is 4.41. The van der Waals surface area contributed by atoms with Crippen LogP contribution in [0.3, 0.4) is 0 Å². The molecular formula is C17H19N5O2. The molecule has 0 fully saturated rings. The highest BCUT2D eigenvalue weighted by molar-refractivity contribution is 6.02. The summed E-state index contributed by atoms with van der Waals surface area (Å²) in [5.74, 6) is 0.528. The summed E-state index contributed by atoms with van der Waals surface area (Å²) in [6.45, 7) is 5.99. The minimum absolute atomic E-state index is 0.179. The van der Waals surface area contributed by atoms with E-state index in [0.29, 0.717) is 5.82 Å². The normalized spacial score (nSPS) is 12.1. The van der Waals surface area contributed by atoms with Gasteiger partial charge >= 0.3 is 0 Å². The number of aromatic amines is 1. The van der Waals surface area contributed by atoms with Crippen molar-refractivity contribution in [2.75, 3.05) is 5.32 Å². The van der Waals surface area contributed by atoms with Crippen LogP contribution in [0.2, 0.25) is 0 Å². The fraction of sp³-hybridized carbons (Fsp3) is 0.294. The number of hydrogen-bond donors (Lipinski definition) is 2.